The van der Waals surface area contributed by atoms with E-state index in [0.29, 0.717) is 11.8 Å². The smallest absolute Gasteiger partial charge is 0.322 e. The Morgan fingerprint density at radius 1 is 1.56 bits per heavy atom. The van der Waals surface area contributed by atoms with Gasteiger partial charge in [0.15, 0.2) is 11.5 Å². The van der Waals surface area contributed by atoms with Crippen molar-refractivity contribution >= 4 is 11.9 Å². The fraction of sp³-hybridized carbons (Fsp3) is 0.400. The summed E-state index contributed by atoms with van der Waals surface area (Å²) < 4.78 is 19.7. The van der Waals surface area contributed by atoms with Crippen LogP contribution in [0.4, 0.5) is 10.4 Å². The van der Waals surface area contributed by atoms with Gasteiger partial charge in [-0.3, -0.25) is 14.8 Å². The molecule has 2 heterocycles. The van der Waals surface area contributed by atoms with Crippen molar-refractivity contribution < 1.29 is 13.6 Å². The minimum Gasteiger partial charge on any atom is -0.408 e. The van der Waals surface area contributed by atoms with Crippen LogP contribution in [0.25, 0.3) is 0 Å². The Bertz CT molecular complexity index is 601. The number of rotatable bonds is 3. The molecule has 0 bridgehead atoms. The molecular formula is C10H10FN5O2. The molecule has 1 aliphatic carbocycles. The Hall–Kier alpha value is -2.25. The molecule has 3 rings (SSSR count). The van der Waals surface area contributed by atoms with Gasteiger partial charge in [0.2, 0.25) is 5.89 Å². The lowest BCUT2D eigenvalue weighted by atomic mass is 10.4. The van der Waals surface area contributed by atoms with Crippen LogP contribution in [0.5, 0.6) is 0 Å². The number of amides is 1. The Kier molecular flexibility index (Phi) is 2.35. The Labute approximate surface area is 101 Å². The SMILES string of the molecule is Cn1cc(F)c(C(=O)Nc2nnc(C3CC3)o2)n1. The average Bonchev–Trinajstić information content (AvgIpc) is 2.97. The zero-order chi connectivity index (χ0) is 12.7. The summed E-state index contributed by atoms with van der Waals surface area (Å²) in [4.78, 5) is 11.7. The number of carbonyl (C=O) groups excluding carboxylic acids is 1. The van der Waals surface area contributed by atoms with Gasteiger partial charge in [-0.2, -0.15) is 5.10 Å². The molecule has 2 aromatic heterocycles. The molecular weight excluding hydrogens is 241 g/mol. The molecule has 7 nitrogen and oxygen atoms in total. The van der Waals surface area contributed by atoms with E-state index in [1.54, 1.807) is 0 Å². The fourth-order valence-corrected chi connectivity index (χ4v) is 1.55. The summed E-state index contributed by atoms with van der Waals surface area (Å²) in [5.74, 6) is -0.599. The molecule has 1 fully saturated rings. The van der Waals surface area contributed by atoms with Gasteiger partial charge < -0.3 is 4.42 Å². The van der Waals surface area contributed by atoms with Crippen LogP contribution in [0.15, 0.2) is 10.6 Å². The summed E-state index contributed by atoms with van der Waals surface area (Å²) in [6.07, 6.45) is 3.15. The van der Waals surface area contributed by atoms with Crippen molar-refractivity contribution in [3.05, 3.63) is 23.6 Å². The van der Waals surface area contributed by atoms with E-state index in [-0.39, 0.29) is 11.7 Å². The Balaban J connectivity index is 1.74. The largest absolute Gasteiger partial charge is 0.408 e. The zero-order valence-corrected chi connectivity index (χ0v) is 9.55. The standard InChI is InChI=1S/C10H10FN5O2/c1-16-4-6(11)7(15-16)8(17)12-10-14-13-9(18-10)5-2-3-5/h4-5H,2-3H2,1H3,(H,12,14,17). The van der Waals surface area contributed by atoms with Crippen LogP contribution in [-0.2, 0) is 7.05 Å². The van der Waals surface area contributed by atoms with Crippen molar-refractivity contribution in [3.8, 4) is 0 Å². The van der Waals surface area contributed by atoms with Crippen molar-refractivity contribution in [1.82, 2.24) is 20.0 Å². The van der Waals surface area contributed by atoms with Crippen LogP contribution in [0.1, 0.15) is 35.1 Å². The molecule has 0 saturated heterocycles. The molecule has 1 saturated carbocycles. The molecule has 2 aromatic rings. The molecule has 0 aromatic carbocycles. The zero-order valence-electron chi connectivity index (χ0n) is 9.55. The van der Waals surface area contributed by atoms with Gasteiger partial charge in [-0.25, -0.2) is 4.39 Å². The molecule has 1 N–H and O–H groups in total. The van der Waals surface area contributed by atoms with Crippen LogP contribution in [0, 0.1) is 5.82 Å². The molecule has 94 valence electrons. The highest BCUT2D eigenvalue weighted by atomic mass is 19.1. The van der Waals surface area contributed by atoms with Crippen LogP contribution in [0.2, 0.25) is 0 Å². The molecule has 18 heavy (non-hydrogen) atoms. The minimum atomic E-state index is -0.709. The average molecular weight is 251 g/mol. The Morgan fingerprint density at radius 2 is 2.33 bits per heavy atom. The Morgan fingerprint density at radius 3 is 2.94 bits per heavy atom. The first kappa shape index (κ1) is 10.9. The van der Waals surface area contributed by atoms with E-state index in [0.717, 1.165) is 19.0 Å². The van der Waals surface area contributed by atoms with E-state index in [2.05, 4.69) is 20.6 Å². The lowest BCUT2D eigenvalue weighted by molar-refractivity contribution is 0.101. The van der Waals surface area contributed by atoms with Gasteiger partial charge in [-0.15, -0.1) is 5.10 Å². The first-order valence-electron chi connectivity index (χ1n) is 5.47. The number of hydrogen-bond donors (Lipinski definition) is 1. The number of hydrogen-bond acceptors (Lipinski definition) is 5. The van der Waals surface area contributed by atoms with Crippen molar-refractivity contribution in [1.29, 1.82) is 0 Å². The molecule has 1 amide bonds. The summed E-state index contributed by atoms with van der Waals surface area (Å²) in [5, 5.41) is 13.5. The topological polar surface area (TPSA) is 85.8 Å². The molecule has 0 radical (unpaired) electrons. The van der Waals surface area contributed by atoms with E-state index < -0.39 is 11.7 Å². The normalized spacial score (nSPS) is 14.8. The van der Waals surface area contributed by atoms with Crippen LogP contribution in [0.3, 0.4) is 0 Å². The van der Waals surface area contributed by atoms with E-state index >= 15 is 0 Å². The number of anilines is 1. The third kappa shape index (κ3) is 1.96. The highest BCUT2D eigenvalue weighted by molar-refractivity contribution is 6.01. The number of aromatic nitrogens is 4. The first-order valence-corrected chi connectivity index (χ1v) is 5.47. The molecule has 1 aliphatic rings. The number of nitrogens with zero attached hydrogens (tertiary/aromatic N) is 4. The summed E-state index contributed by atoms with van der Waals surface area (Å²) in [5.41, 5.74) is -0.302. The minimum absolute atomic E-state index is 0.0352. The van der Waals surface area contributed by atoms with Gasteiger partial charge in [-0.1, -0.05) is 5.10 Å². The second-order valence-electron chi connectivity index (χ2n) is 4.17. The second kappa shape index (κ2) is 3.90. The number of carbonyl (C=O) groups is 1. The predicted octanol–water partition coefficient (Wildman–Crippen LogP) is 1.07. The van der Waals surface area contributed by atoms with Crippen LogP contribution >= 0.6 is 0 Å². The van der Waals surface area contributed by atoms with Crippen molar-refractivity contribution in [2.45, 2.75) is 18.8 Å². The van der Waals surface area contributed by atoms with E-state index in [1.807, 2.05) is 0 Å². The first-order chi connectivity index (χ1) is 8.63. The highest BCUT2D eigenvalue weighted by Gasteiger charge is 2.30. The van der Waals surface area contributed by atoms with E-state index in [4.69, 9.17) is 4.42 Å². The summed E-state index contributed by atoms with van der Waals surface area (Å²) in [6.45, 7) is 0. The number of nitrogens with one attached hydrogen (secondary N) is 1. The monoisotopic (exact) mass is 251 g/mol. The fourth-order valence-electron chi connectivity index (χ4n) is 1.55. The highest BCUT2D eigenvalue weighted by Crippen LogP contribution is 2.39. The maximum atomic E-state index is 13.3. The van der Waals surface area contributed by atoms with Gasteiger partial charge in [0, 0.05) is 13.0 Å². The summed E-state index contributed by atoms with van der Waals surface area (Å²) in [6, 6.07) is -0.0352. The van der Waals surface area contributed by atoms with Crippen LogP contribution in [-0.4, -0.2) is 25.9 Å². The van der Waals surface area contributed by atoms with Gasteiger partial charge in [0.25, 0.3) is 5.91 Å². The van der Waals surface area contributed by atoms with Crippen LogP contribution < -0.4 is 5.32 Å². The summed E-state index contributed by atoms with van der Waals surface area (Å²) >= 11 is 0. The molecule has 0 aliphatic heterocycles. The molecule has 0 unspecified atom stereocenters. The van der Waals surface area contributed by atoms with Crippen molar-refractivity contribution in [2.75, 3.05) is 5.32 Å². The van der Waals surface area contributed by atoms with Gasteiger partial charge in [0.05, 0.1) is 6.20 Å². The summed E-state index contributed by atoms with van der Waals surface area (Å²) in [7, 11) is 1.53. The van der Waals surface area contributed by atoms with E-state index in [1.165, 1.54) is 11.7 Å². The van der Waals surface area contributed by atoms with E-state index in [9.17, 15) is 9.18 Å². The maximum Gasteiger partial charge on any atom is 0.322 e. The third-order valence-corrected chi connectivity index (χ3v) is 2.59. The molecule has 8 heteroatoms. The maximum absolute atomic E-state index is 13.3. The predicted molar refractivity (Wildman–Crippen MR) is 57.4 cm³/mol. The van der Waals surface area contributed by atoms with Gasteiger partial charge in [-0.05, 0) is 12.8 Å². The number of halogens is 1. The van der Waals surface area contributed by atoms with Crippen molar-refractivity contribution in [3.63, 3.8) is 0 Å². The molecule has 0 atom stereocenters. The third-order valence-electron chi connectivity index (χ3n) is 2.59. The lowest BCUT2D eigenvalue weighted by Gasteiger charge is -1.96. The van der Waals surface area contributed by atoms with Crippen molar-refractivity contribution in [2.24, 2.45) is 7.05 Å². The second-order valence-corrected chi connectivity index (χ2v) is 4.17. The number of aryl methyl sites for hydroxylation is 1. The van der Waals surface area contributed by atoms with Gasteiger partial charge >= 0.3 is 6.01 Å². The van der Waals surface area contributed by atoms with Gasteiger partial charge in [0.1, 0.15) is 0 Å². The quantitative estimate of drug-likeness (QED) is 0.881. The lowest BCUT2D eigenvalue weighted by Crippen LogP contribution is -2.14. The molecule has 0 spiro atoms.